The van der Waals surface area contributed by atoms with E-state index in [1.807, 2.05) is 0 Å². The second kappa shape index (κ2) is 39.2. The lowest BCUT2D eigenvalue weighted by atomic mass is 10.1. The maximum absolute atomic E-state index is 12.1. The second-order valence-corrected chi connectivity index (χ2v) is 13.8. The van der Waals surface area contributed by atoms with Crippen LogP contribution in [0.3, 0.4) is 0 Å². The van der Waals surface area contributed by atoms with E-state index in [0.717, 1.165) is 77.0 Å². The van der Waals surface area contributed by atoms with E-state index >= 15 is 0 Å². The van der Waals surface area contributed by atoms with Crippen LogP contribution in [0.5, 0.6) is 0 Å². The summed E-state index contributed by atoms with van der Waals surface area (Å²) < 4.78 is 34.0. The molecule has 0 fully saturated rings. The highest BCUT2D eigenvalue weighted by molar-refractivity contribution is 7.47. The fourth-order valence-corrected chi connectivity index (χ4v) is 5.65. The summed E-state index contributed by atoms with van der Waals surface area (Å²) in [5.41, 5.74) is 5.38. The average Bonchev–Trinajstić information content (AvgIpc) is 3.10. The summed E-state index contributed by atoms with van der Waals surface area (Å²) >= 11 is 0. The fourth-order valence-electron chi connectivity index (χ4n) is 4.89. The molecular weight excluding hydrogens is 633 g/mol. The Labute approximate surface area is 301 Å². The minimum Gasteiger partial charge on any atom is -0.379 e. The first-order valence-electron chi connectivity index (χ1n) is 19.5. The van der Waals surface area contributed by atoms with Gasteiger partial charge in [-0.2, -0.15) is 0 Å². The van der Waals surface area contributed by atoms with Crippen LogP contribution in [0.15, 0.2) is 72.9 Å². The molecule has 0 aromatic carbocycles. The zero-order chi connectivity index (χ0) is 35.8. The molecule has 0 aromatic heterocycles. The maximum Gasteiger partial charge on any atom is 0.472 e. The molecule has 0 bridgehead atoms. The molecule has 0 radical (unpaired) electrons. The summed E-state index contributed by atoms with van der Waals surface area (Å²) in [5, 5.41) is 0. The number of hydrogen-bond acceptors (Lipinski definition) is 6. The molecule has 3 N–H and O–H groups in total. The Morgan fingerprint density at radius 1 is 0.531 bits per heavy atom. The number of phosphoric acid groups is 1. The normalized spacial score (nSPS) is 14.6. The van der Waals surface area contributed by atoms with Crippen molar-refractivity contribution < 1.29 is 28.0 Å². The maximum atomic E-state index is 12.1. The Kier molecular flexibility index (Phi) is 38.0. The average molecular weight is 708 g/mol. The number of ether oxygens (including phenoxy) is 2. The Morgan fingerprint density at radius 3 is 1.45 bits per heavy atom. The highest BCUT2D eigenvalue weighted by Crippen LogP contribution is 2.43. The molecule has 284 valence electrons. The molecule has 49 heavy (non-hydrogen) atoms. The lowest BCUT2D eigenvalue weighted by molar-refractivity contribution is -0.0443. The largest absolute Gasteiger partial charge is 0.472 e. The van der Waals surface area contributed by atoms with Gasteiger partial charge in [-0.3, -0.25) is 9.05 Å². The van der Waals surface area contributed by atoms with Crippen LogP contribution < -0.4 is 5.73 Å². The summed E-state index contributed by atoms with van der Waals surface area (Å²) in [6, 6.07) is 0. The van der Waals surface area contributed by atoms with Crippen LogP contribution in [0.25, 0.3) is 0 Å². The molecular formula is C41H74NO6P. The molecule has 0 saturated heterocycles. The quantitative estimate of drug-likeness (QED) is 0.0376. The van der Waals surface area contributed by atoms with Gasteiger partial charge in [-0.05, 0) is 77.0 Å². The van der Waals surface area contributed by atoms with Crippen molar-refractivity contribution in [3.05, 3.63) is 72.9 Å². The van der Waals surface area contributed by atoms with Crippen LogP contribution >= 0.6 is 7.82 Å². The monoisotopic (exact) mass is 708 g/mol. The number of phosphoric ester groups is 1. The molecule has 2 atom stereocenters. The Balaban J connectivity index is 4.01. The van der Waals surface area contributed by atoms with Crippen LogP contribution in [0.4, 0.5) is 0 Å². The van der Waals surface area contributed by atoms with Crippen molar-refractivity contribution in [2.24, 2.45) is 5.73 Å². The summed E-state index contributed by atoms with van der Waals surface area (Å²) in [6.45, 7) is 5.92. The molecule has 0 aliphatic rings. The lowest BCUT2D eigenvalue weighted by Gasteiger charge is -2.20. The van der Waals surface area contributed by atoms with Gasteiger partial charge < -0.3 is 20.1 Å². The van der Waals surface area contributed by atoms with E-state index in [-0.39, 0.29) is 19.8 Å². The van der Waals surface area contributed by atoms with E-state index in [4.69, 9.17) is 24.3 Å². The van der Waals surface area contributed by atoms with E-state index in [0.29, 0.717) is 19.8 Å². The van der Waals surface area contributed by atoms with Gasteiger partial charge in [0.25, 0.3) is 0 Å². The first-order chi connectivity index (χ1) is 24.1. The van der Waals surface area contributed by atoms with Gasteiger partial charge in [-0.15, -0.1) is 0 Å². The van der Waals surface area contributed by atoms with Gasteiger partial charge in [0, 0.05) is 19.8 Å². The van der Waals surface area contributed by atoms with E-state index in [1.165, 1.54) is 51.4 Å². The van der Waals surface area contributed by atoms with Crippen LogP contribution in [-0.2, 0) is 23.1 Å². The van der Waals surface area contributed by atoms with Gasteiger partial charge in [-0.25, -0.2) is 4.57 Å². The second-order valence-electron chi connectivity index (χ2n) is 12.4. The predicted octanol–water partition coefficient (Wildman–Crippen LogP) is 11.7. The molecule has 0 amide bonds. The van der Waals surface area contributed by atoms with Gasteiger partial charge in [-0.1, -0.05) is 138 Å². The standard InChI is InChI=1S/C41H74NO6P/c1-3-5-7-9-11-13-15-17-19-21-23-25-27-29-31-33-36-45-39-41(40-48-49(43,44)47-38-35-42)46-37-34-32-30-28-26-24-22-20-18-16-14-12-10-8-6-4-2/h5-8,11-14,17-20,41H,3-4,9-10,15-16,21-40,42H2,1-2H3,(H,43,44)/b7-5-,8-6-,13-11-,14-12-,19-17-,20-18-/t41-/m1/s1. The molecule has 7 nitrogen and oxygen atoms in total. The third-order valence-electron chi connectivity index (χ3n) is 7.69. The third kappa shape index (κ3) is 39.1. The summed E-state index contributed by atoms with van der Waals surface area (Å²) in [5.74, 6) is 0. The highest BCUT2D eigenvalue weighted by Gasteiger charge is 2.23. The smallest absolute Gasteiger partial charge is 0.379 e. The summed E-state index contributed by atoms with van der Waals surface area (Å²) in [7, 11) is -4.15. The van der Waals surface area contributed by atoms with Crippen molar-refractivity contribution in [1.29, 1.82) is 0 Å². The Hall–Kier alpha value is -1.57. The van der Waals surface area contributed by atoms with Crippen molar-refractivity contribution in [3.63, 3.8) is 0 Å². The van der Waals surface area contributed by atoms with E-state index in [1.54, 1.807) is 0 Å². The van der Waals surface area contributed by atoms with Gasteiger partial charge >= 0.3 is 7.82 Å². The first kappa shape index (κ1) is 47.4. The van der Waals surface area contributed by atoms with E-state index < -0.39 is 13.9 Å². The zero-order valence-corrected chi connectivity index (χ0v) is 32.3. The molecule has 8 heteroatoms. The fraction of sp³-hybridized carbons (Fsp3) is 0.707. The van der Waals surface area contributed by atoms with E-state index in [2.05, 4.69) is 86.8 Å². The number of unbranched alkanes of at least 4 members (excludes halogenated alkanes) is 12. The van der Waals surface area contributed by atoms with Gasteiger partial charge in [0.05, 0.1) is 19.8 Å². The van der Waals surface area contributed by atoms with Crippen molar-refractivity contribution >= 4 is 7.82 Å². The molecule has 0 aromatic rings. The first-order valence-corrected chi connectivity index (χ1v) is 21.0. The molecule has 0 aliphatic heterocycles. The summed E-state index contributed by atoms with van der Waals surface area (Å²) in [4.78, 5) is 9.88. The molecule has 1 unspecified atom stereocenters. The Morgan fingerprint density at radius 2 is 0.959 bits per heavy atom. The number of allylic oxidation sites excluding steroid dienone is 12. The molecule has 0 saturated carbocycles. The number of hydrogen-bond donors (Lipinski definition) is 2. The number of rotatable bonds is 37. The minimum absolute atomic E-state index is 0.0354. The van der Waals surface area contributed by atoms with Crippen molar-refractivity contribution in [3.8, 4) is 0 Å². The molecule has 0 rings (SSSR count). The van der Waals surface area contributed by atoms with Gasteiger partial charge in [0.2, 0.25) is 0 Å². The van der Waals surface area contributed by atoms with Gasteiger partial charge in [0.15, 0.2) is 0 Å². The number of nitrogens with two attached hydrogens (primary N) is 1. The zero-order valence-electron chi connectivity index (χ0n) is 31.4. The summed E-state index contributed by atoms with van der Waals surface area (Å²) in [6.07, 6.45) is 49.1. The SMILES string of the molecule is CC/C=C\C/C=C\C/C=C\CCCCCCCCOC[C@H](COP(=O)(O)OCCN)OCCCCCCCC/C=C\C/C=C\C/C=C\CC. The topological polar surface area (TPSA) is 100 Å². The molecule has 0 aliphatic carbocycles. The highest BCUT2D eigenvalue weighted by atomic mass is 31.2. The molecule has 0 heterocycles. The van der Waals surface area contributed by atoms with Crippen molar-refractivity contribution in [1.82, 2.24) is 0 Å². The van der Waals surface area contributed by atoms with Crippen LogP contribution in [-0.4, -0.2) is 50.6 Å². The lowest BCUT2D eigenvalue weighted by Crippen LogP contribution is -2.26. The third-order valence-corrected chi connectivity index (χ3v) is 8.67. The van der Waals surface area contributed by atoms with E-state index in [9.17, 15) is 9.46 Å². The van der Waals surface area contributed by atoms with Crippen molar-refractivity contribution in [2.45, 2.75) is 148 Å². The minimum atomic E-state index is -4.15. The molecule has 0 spiro atoms. The predicted molar refractivity (Wildman–Crippen MR) is 210 cm³/mol. The van der Waals surface area contributed by atoms with Crippen LogP contribution in [0, 0.1) is 0 Å². The Bertz CT molecular complexity index is 914. The van der Waals surface area contributed by atoms with Crippen LogP contribution in [0.1, 0.15) is 142 Å². The van der Waals surface area contributed by atoms with Gasteiger partial charge in [0.1, 0.15) is 6.10 Å². The van der Waals surface area contributed by atoms with Crippen LogP contribution in [0.2, 0.25) is 0 Å². The van der Waals surface area contributed by atoms with Crippen molar-refractivity contribution in [2.75, 3.05) is 39.6 Å².